The molecule has 1 aliphatic rings. The maximum absolute atomic E-state index is 13.1. The van der Waals surface area contributed by atoms with Gasteiger partial charge in [-0.1, -0.05) is 78.9 Å². The van der Waals surface area contributed by atoms with Crippen LogP contribution < -0.4 is 14.2 Å². The van der Waals surface area contributed by atoms with Gasteiger partial charge < -0.3 is 14.2 Å². The van der Waals surface area contributed by atoms with E-state index in [9.17, 15) is 9.59 Å². The molecule has 43 heavy (non-hydrogen) atoms. The summed E-state index contributed by atoms with van der Waals surface area (Å²) in [6, 6.07) is 33.9. The summed E-state index contributed by atoms with van der Waals surface area (Å²) in [6.07, 6.45) is 1.71. The Labute approximate surface area is 258 Å². The molecule has 0 aliphatic carbocycles. The van der Waals surface area contributed by atoms with Crippen LogP contribution in [0.4, 0.5) is 4.79 Å². The molecule has 216 valence electrons. The van der Waals surface area contributed by atoms with Crippen molar-refractivity contribution in [2.45, 2.75) is 4.90 Å². The SMILES string of the molecule is COc1cc(/C=C2\SC(=O)N(CCOc3cccc4ccccc34)C2=O)ccc1OCCSc1cccc2ccccc12. The Kier molecular flexibility index (Phi) is 8.86. The molecule has 6 rings (SSSR count). The fraction of sp³-hybridized carbons (Fsp3) is 0.143. The van der Waals surface area contributed by atoms with Crippen LogP contribution in [0.15, 0.2) is 113 Å². The fourth-order valence-corrected chi connectivity index (χ4v) is 6.70. The van der Waals surface area contributed by atoms with Crippen LogP contribution in [0.1, 0.15) is 5.56 Å². The lowest BCUT2D eigenvalue weighted by molar-refractivity contribution is -0.123. The molecule has 0 atom stereocenters. The first-order valence-electron chi connectivity index (χ1n) is 13.9. The molecule has 8 heteroatoms. The maximum Gasteiger partial charge on any atom is 0.293 e. The molecule has 0 saturated carbocycles. The van der Waals surface area contributed by atoms with Crippen molar-refractivity contribution in [1.29, 1.82) is 0 Å². The van der Waals surface area contributed by atoms with Crippen molar-refractivity contribution >= 4 is 62.3 Å². The highest BCUT2D eigenvalue weighted by atomic mass is 32.2. The number of benzene rings is 5. The minimum Gasteiger partial charge on any atom is -0.493 e. The monoisotopic (exact) mass is 607 g/mol. The van der Waals surface area contributed by atoms with Crippen LogP contribution >= 0.6 is 23.5 Å². The van der Waals surface area contributed by atoms with Gasteiger partial charge in [-0.25, -0.2) is 0 Å². The van der Waals surface area contributed by atoms with Crippen molar-refractivity contribution in [2.75, 3.05) is 32.6 Å². The van der Waals surface area contributed by atoms with Crippen LogP contribution in [0.2, 0.25) is 0 Å². The molecule has 0 radical (unpaired) electrons. The van der Waals surface area contributed by atoms with Crippen molar-refractivity contribution in [3.8, 4) is 17.2 Å². The number of methoxy groups -OCH3 is 1. The topological polar surface area (TPSA) is 65.1 Å². The van der Waals surface area contributed by atoms with Gasteiger partial charge >= 0.3 is 0 Å². The third-order valence-corrected chi connectivity index (χ3v) is 8.97. The normalized spacial score (nSPS) is 14.2. The number of rotatable bonds is 11. The summed E-state index contributed by atoms with van der Waals surface area (Å²) in [5.41, 5.74) is 0.742. The van der Waals surface area contributed by atoms with Crippen LogP contribution in [0, 0.1) is 0 Å². The zero-order chi connectivity index (χ0) is 29.6. The van der Waals surface area contributed by atoms with Crippen LogP contribution in [0.25, 0.3) is 27.6 Å². The standard InChI is InChI=1S/C35H29NO5S2/c1-39-31-22-24(16-17-30(31)41-20-21-42-32-15-7-11-26-9-3-5-13-28(26)32)23-33-34(37)36(35(38)43-33)18-19-40-29-14-6-10-25-8-2-4-12-27(25)29/h2-17,22-23H,18-21H2,1H3/b33-23-. The molecule has 1 aliphatic heterocycles. The summed E-state index contributed by atoms with van der Waals surface area (Å²) in [7, 11) is 1.58. The van der Waals surface area contributed by atoms with E-state index in [4.69, 9.17) is 14.2 Å². The number of amides is 2. The summed E-state index contributed by atoms with van der Waals surface area (Å²) < 4.78 is 17.6. The molecule has 1 fully saturated rings. The lowest BCUT2D eigenvalue weighted by atomic mass is 10.1. The molecule has 0 N–H and O–H groups in total. The lowest BCUT2D eigenvalue weighted by Gasteiger charge is -2.14. The van der Waals surface area contributed by atoms with Gasteiger partial charge in [0.15, 0.2) is 11.5 Å². The predicted octanol–water partition coefficient (Wildman–Crippen LogP) is 8.29. The Morgan fingerprint density at radius 2 is 1.44 bits per heavy atom. The lowest BCUT2D eigenvalue weighted by Crippen LogP contribution is -2.32. The molecule has 5 aromatic rings. The highest BCUT2D eigenvalue weighted by Crippen LogP contribution is 2.35. The first-order chi connectivity index (χ1) is 21.1. The first kappa shape index (κ1) is 28.7. The molecule has 0 spiro atoms. The summed E-state index contributed by atoms with van der Waals surface area (Å²) in [4.78, 5) is 28.5. The number of ether oxygens (including phenoxy) is 3. The van der Waals surface area contributed by atoms with Gasteiger partial charge in [0.05, 0.1) is 25.2 Å². The second kappa shape index (κ2) is 13.3. The van der Waals surface area contributed by atoms with E-state index in [0.29, 0.717) is 23.0 Å². The van der Waals surface area contributed by atoms with E-state index in [1.807, 2.05) is 66.7 Å². The number of imide groups is 1. The van der Waals surface area contributed by atoms with E-state index >= 15 is 0 Å². The number of hydrogen-bond donors (Lipinski definition) is 0. The molecule has 1 saturated heterocycles. The Hall–Kier alpha value is -4.40. The molecule has 0 bridgehead atoms. The van der Waals surface area contributed by atoms with E-state index < -0.39 is 0 Å². The Bertz CT molecular complexity index is 1830. The second-order valence-electron chi connectivity index (χ2n) is 9.74. The predicted molar refractivity (Wildman–Crippen MR) is 175 cm³/mol. The molecular weight excluding hydrogens is 579 g/mol. The van der Waals surface area contributed by atoms with E-state index in [1.165, 1.54) is 20.6 Å². The minimum absolute atomic E-state index is 0.165. The van der Waals surface area contributed by atoms with Crippen molar-refractivity contribution < 1.29 is 23.8 Å². The van der Waals surface area contributed by atoms with Crippen molar-refractivity contribution in [3.63, 3.8) is 0 Å². The smallest absolute Gasteiger partial charge is 0.293 e. The molecule has 2 amide bonds. The van der Waals surface area contributed by atoms with Crippen LogP contribution in [-0.2, 0) is 4.79 Å². The number of nitrogens with zero attached hydrogens (tertiary/aromatic N) is 1. The van der Waals surface area contributed by atoms with Gasteiger partial charge in [0.25, 0.3) is 11.1 Å². The summed E-state index contributed by atoms with van der Waals surface area (Å²) >= 11 is 2.68. The third kappa shape index (κ3) is 6.50. The highest BCUT2D eigenvalue weighted by molar-refractivity contribution is 8.18. The first-order valence-corrected chi connectivity index (χ1v) is 15.7. The molecular formula is C35H29NO5S2. The van der Waals surface area contributed by atoms with Crippen molar-refractivity contribution in [2.24, 2.45) is 0 Å². The van der Waals surface area contributed by atoms with Gasteiger partial charge in [-0.2, -0.15) is 0 Å². The maximum atomic E-state index is 13.1. The van der Waals surface area contributed by atoms with Gasteiger partial charge in [0, 0.05) is 16.0 Å². The average molecular weight is 608 g/mol. The number of thioether (sulfide) groups is 2. The number of carbonyl (C=O) groups excluding carboxylic acids is 2. The van der Waals surface area contributed by atoms with Gasteiger partial charge in [-0.05, 0) is 63.8 Å². The van der Waals surface area contributed by atoms with Crippen LogP contribution in [-0.4, -0.2) is 48.7 Å². The number of fused-ring (bicyclic) bond motifs is 2. The zero-order valence-corrected chi connectivity index (χ0v) is 25.2. The Morgan fingerprint density at radius 1 is 0.744 bits per heavy atom. The third-order valence-electron chi connectivity index (χ3n) is 7.03. The second-order valence-corrected chi connectivity index (χ2v) is 11.9. The van der Waals surface area contributed by atoms with Crippen molar-refractivity contribution in [3.05, 3.63) is 114 Å². The van der Waals surface area contributed by atoms with E-state index in [1.54, 1.807) is 24.9 Å². The van der Waals surface area contributed by atoms with Crippen LogP contribution in [0.3, 0.4) is 0 Å². The highest BCUT2D eigenvalue weighted by Gasteiger charge is 2.34. The molecule has 0 aromatic heterocycles. The Morgan fingerprint density at radius 3 is 2.26 bits per heavy atom. The molecule has 1 heterocycles. The average Bonchev–Trinajstić information content (AvgIpc) is 3.30. The zero-order valence-electron chi connectivity index (χ0n) is 23.5. The van der Waals surface area contributed by atoms with Crippen molar-refractivity contribution in [1.82, 2.24) is 4.90 Å². The van der Waals surface area contributed by atoms with E-state index in [-0.39, 0.29) is 24.3 Å². The van der Waals surface area contributed by atoms with Gasteiger partial charge in [0.2, 0.25) is 0 Å². The van der Waals surface area contributed by atoms with E-state index in [2.05, 4.69) is 36.4 Å². The van der Waals surface area contributed by atoms with Gasteiger partial charge in [-0.15, -0.1) is 11.8 Å². The van der Waals surface area contributed by atoms with Gasteiger partial charge in [-0.3, -0.25) is 14.5 Å². The number of carbonyl (C=O) groups is 2. The van der Waals surface area contributed by atoms with Crippen LogP contribution in [0.5, 0.6) is 17.2 Å². The largest absolute Gasteiger partial charge is 0.493 e. The van der Waals surface area contributed by atoms with Gasteiger partial charge in [0.1, 0.15) is 12.4 Å². The summed E-state index contributed by atoms with van der Waals surface area (Å²) in [5, 5.41) is 4.20. The number of hydrogen-bond acceptors (Lipinski definition) is 7. The molecule has 5 aromatic carbocycles. The quantitative estimate of drug-likeness (QED) is 0.0850. The summed E-state index contributed by atoms with van der Waals surface area (Å²) in [6.45, 7) is 0.874. The minimum atomic E-state index is -0.332. The molecule has 0 unspecified atom stereocenters. The fourth-order valence-electron chi connectivity index (χ4n) is 4.93. The molecule has 6 nitrogen and oxygen atoms in total. The summed E-state index contributed by atoms with van der Waals surface area (Å²) in [5.74, 6) is 2.35. The Balaban J connectivity index is 1.05. The van der Waals surface area contributed by atoms with E-state index in [0.717, 1.165) is 39.6 Å².